The molecular formula is C19H21NO4. The van der Waals surface area contributed by atoms with Crippen molar-refractivity contribution in [2.24, 2.45) is 0 Å². The van der Waals surface area contributed by atoms with Gasteiger partial charge >= 0.3 is 5.97 Å². The average Bonchev–Trinajstić information content (AvgIpc) is 2.56. The molecule has 0 heterocycles. The number of carbonyl (C=O) groups is 2. The van der Waals surface area contributed by atoms with Crippen molar-refractivity contribution in [2.75, 3.05) is 11.9 Å². The second-order valence-corrected chi connectivity index (χ2v) is 5.54. The largest absolute Gasteiger partial charge is 0.482 e. The molecular weight excluding hydrogens is 306 g/mol. The van der Waals surface area contributed by atoms with Gasteiger partial charge in [-0.3, -0.25) is 4.79 Å². The zero-order valence-electron chi connectivity index (χ0n) is 14.0. The van der Waals surface area contributed by atoms with Crippen LogP contribution in [0.4, 0.5) is 5.69 Å². The maximum atomic E-state index is 12.0. The number of benzene rings is 2. The van der Waals surface area contributed by atoms with E-state index in [1.54, 1.807) is 18.2 Å². The molecule has 1 amide bonds. The molecule has 0 spiro atoms. The molecule has 1 N–H and O–H groups in total. The third-order valence-corrected chi connectivity index (χ3v) is 3.44. The summed E-state index contributed by atoms with van der Waals surface area (Å²) in [5, 5.41) is 2.70. The highest BCUT2D eigenvalue weighted by Crippen LogP contribution is 2.16. The molecule has 126 valence electrons. The van der Waals surface area contributed by atoms with Gasteiger partial charge in [0.05, 0.1) is 0 Å². The molecule has 2 rings (SSSR count). The lowest BCUT2D eigenvalue weighted by Gasteiger charge is -2.14. The quantitative estimate of drug-likeness (QED) is 0.827. The summed E-state index contributed by atoms with van der Waals surface area (Å²) in [7, 11) is 0. The summed E-state index contributed by atoms with van der Waals surface area (Å²) in [6.07, 6.45) is -0.903. The first-order valence-electron chi connectivity index (χ1n) is 7.71. The van der Waals surface area contributed by atoms with Gasteiger partial charge in [-0.15, -0.1) is 0 Å². The Bertz CT molecular complexity index is 710. The second-order valence-electron chi connectivity index (χ2n) is 5.54. The number of hydrogen-bond acceptors (Lipinski definition) is 4. The number of para-hydroxylation sites is 1. The summed E-state index contributed by atoms with van der Waals surface area (Å²) in [5.41, 5.74) is 2.68. The Balaban J connectivity index is 1.81. The molecule has 1 atom stereocenters. The molecule has 0 saturated heterocycles. The van der Waals surface area contributed by atoms with E-state index in [4.69, 9.17) is 9.47 Å². The van der Waals surface area contributed by atoms with Crippen molar-refractivity contribution in [3.05, 3.63) is 59.7 Å². The minimum Gasteiger partial charge on any atom is -0.482 e. The van der Waals surface area contributed by atoms with Gasteiger partial charge in [0.25, 0.3) is 5.91 Å². The van der Waals surface area contributed by atoms with Gasteiger partial charge in [-0.05, 0) is 44.5 Å². The molecule has 0 saturated carbocycles. The van der Waals surface area contributed by atoms with Crippen molar-refractivity contribution in [1.82, 2.24) is 0 Å². The topological polar surface area (TPSA) is 64.6 Å². The summed E-state index contributed by atoms with van der Waals surface area (Å²) in [6.45, 7) is 5.13. The number of nitrogens with one attached hydrogen (secondary N) is 1. The van der Waals surface area contributed by atoms with E-state index in [0.29, 0.717) is 11.4 Å². The Labute approximate surface area is 141 Å². The fourth-order valence-corrected chi connectivity index (χ4v) is 2.02. The molecule has 5 heteroatoms. The molecule has 0 bridgehead atoms. The number of carbonyl (C=O) groups excluding carboxylic acids is 2. The molecule has 0 fully saturated rings. The molecule has 2 aromatic rings. The van der Waals surface area contributed by atoms with Crippen molar-refractivity contribution in [3.8, 4) is 5.75 Å². The van der Waals surface area contributed by atoms with Crippen LogP contribution in [0.25, 0.3) is 0 Å². The van der Waals surface area contributed by atoms with Gasteiger partial charge < -0.3 is 14.8 Å². The van der Waals surface area contributed by atoms with Crippen LogP contribution < -0.4 is 10.1 Å². The second kappa shape index (κ2) is 8.15. The van der Waals surface area contributed by atoms with E-state index in [1.807, 2.05) is 44.2 Å². The fourth-order valence-electron chi connectivity index (χ4n) is 2.02. The van der Waals surface area contributed by atoms with Crippen LogP contribution in [0.2, 0.25) is 0 Å². The normalized spacial score (nSPS) is 11.5. The summed E-state index contributed by atoms with van der Waals surface area (Å²) >= 11 is 0. The van der Waals surface area contributed by atoms with Crippen molar-refractivity contribution in [1.29, 1.82) is 0 Å². The van der Waals surface area contributed by atoms with Gasteiger partial charge in [-0.25, -0.2) is 4.79 Å². The van der Waals surface area contributed by atoms with Crippen molar-refractivity contribution < 1.29 is 19.1 Å². The molecule has 2 aromatic carbocycles. The number of hydrogen-bond donors (Lipinski definition) is 1. The van der Waals surface area contributed by atoms with Crippen LogP contribution in [0.3, 0.4) is 0 Å². The maximum Gasteiger partial charge on any atom is 0.344 e. The minimum atomic E-state index is -0.903. The lowest BCUT2D eigenvalue weighted by molar-refractivity contribution is -0.155. The highest BCUT2D eigenvalue weighted by molar-refractivity contribution is 5.95. The van der Waals surface area contributed by atoms with E-state index in [0.717, 1.165) is 11.1 Å². The van der Waals surface area contributed by atoms with Crippen LogP contribution in [0, 0.1) is 13.8 Å². The van der Waals surface area contributed by atoms with Gasteiger partial charge in [0.2, 0.25) is 0 Å². The van der Waals surface area contributed by atoms with Crippen LogP contribution in [0.15, 0.2) is 48.5 Å². The van der Waals surface area contributed by atoms with Crippen LogP contribution in [-0.4, -0.2) is 24.6 Å². The molecule has 0 aliphatic rings. The van der Waals surface area contributed by atoms with E-state index in [9.17, 15) is 9.59 Å². The number of anilines is 1. The number of ether oxygens (including phenoxy) is 2. The van der Waals surface area contributed by atoms with Crippen LogP contribution >= 0.6 is 0 Å². The van der Waals surface area contributed by atoms with Crippen LogP contribution in [0.1, 0.15) is 18.1 Å². The number of amides is 1. The van der Waals surface area contributed by atoms with Crippen molar-refractivity contribution in [3.63, 3.8) is 0 Å². The van der Waals surface area contributed by atoms with Gasteiger partial charge in [0.15, 0.2) is 12.7 Å². The van der Waals surface area contributed by atoms with Crippen molar-refractivity contribution >= 4 is 17.6 Å². The first kappa shape index (κ1) is 17.5. The summed E-state index contributed by atoms with van der Waals surface area (Å²) in [4.78, 5) is 23.8. The zero-order valence-corrected chi connectivity index (χ0v) is 14.0. The first-order chi connectivity index (χ1) is 11.5. The number of aryl methyl sites for hydroxylation is 2. The Morgan fingerprint density at radius 2 is 1.71 bits per heavy atom. The Morgan fingerprint density at radius 1 is 1.04 bits per heavy atom. The standard InChI is InChI=1S/C19H21NO4/c1-13-8-10-16(11-9-13)20-19(22)15(3)24-18(21)12-23-17-7-5-4-6-14(17)2/h4-11,15H,12H2,1-3H3,(H,20,22)/t15-/m0/s1. The first-order valence-corrected chi connectivity index (χ1v) is 7.71. The minimum absolute atomic E-state index is 0.243. The molecule has 0 aromatic heterocycles. The molecule has 5 nitrogen and oxygen atoms in total. The Kier molecular flexibility index (Phi) is 5.95. The molecule has 0 unspecified atom stereocenters. The molecule has 24 heavy (non-hydrogen) atoms. The Hall–Kier alpha value is -2.82. The van der Waals surface area contributed by atoms with E-state index in [-0.39, 0.29) is 12.5 Å². The van der Waals surface area contributed by atoms with Gasteiger partial charge in [0.1, 0.15) is 5.75 Å². The summed E-state index contributed by atoms with van der Waals surface area (Å²) in [5.74, 6) is -0.362. The van der Waals surface area contributed by atoms with Crippen molar-refractivity contribution in [2.45, 2.75) is 26.9 Å². The maximum absolute atomic E-state index is 12.0. The van der Waals surface area contributed by atoms with Crippen LogP contribution in [0.5, 0.6) is 5.75 Å². The van der Waals surface area contributed by atoms with Gasteiger partial charge in [-0.2, -0.15) is 0 Å². The summed E-state index contributed by atoms with van der Waals surface area (Å²) < 4.78 is 10.5. The zero-order chi connectivity index (χ0) is 17.5. The molecule has 0 radical (unpaired) electrons. The SMILES string of the molecule is Cc1ccc(NC(=O)[C@H](C)OC(=O)COc2ccccc2C)cc1. The number of esters is 1. The Morgan fingerprint density at radius 3 is 2.38 bits per heavy atom. The van der Waals surface area contributed by atoms with Crippen LogP contribution in [-0.2, 0) is 14.3 Å². The van der Waals surface area contributed by atoms with Gasteiger partial charge in [-0.1, -0.05) is 35.9 Å². The lowest BCUT2D eigenvalue weighted by Crippen LogP contribution is -2.31. The fraction of sp³-hybridized carbons (Fsp3) is 0.263. The van der Waals surface area contributed by atoms with E-state index >= 15 is 0 Å². The third-order valence-electron chi connectivity index (χ3n) is 3.44. The monoisotopic (exact) mass is 327 g/mol. The molecule has 0 aliphatic heterocycles. The lowest BCUT2D eigenvalue weighted by atomic mass is 10.2. The highest BCUT2D eigenvalue weighted by atomic mass is 16.6. The summed E-state index contributed by atoms with van der Waals surface area (Å²) in [6, 6.07) is 14.7. The third kappa shape index (κ3) is 5.12. The predicted molar refractivity (Wildman–Crippen MR) is 92.0 cm³/mol. The predicted octanol–water partition coefficient (Wildman–Crippen LogP) is 3.25. The highest BCUT2D eigenvalue weighted by Gasteiger charge is 2.18. The average molecular weight is 327 g/mol. The van der Waals surface area contributed by atoms with E-state index < -0.39 is 12.1 Å². The van der Waals surface area contributed by atoms with E-state index in [1.165, 1.54) is 6.92 Å². The molecule has 0 aliphatic carbocycles. The smallest absolute Gasteiger partial charge is 0.344 e. The van der Waals surface area contributed by atoms with E-state index in [2.05, 4.69) is 5.32 Å². The van der Waals surface area contributed by atoms with Gasteiger partial charge in [0, 0.05) is 5.69 Å². The number of rotatable bonds is 6.